The minimum atomic E-state index is 0.734. The van der Waals surface area contributed by atoms with Gasteiger partial charge in [-0.05, 0) is 39.9 Å². The van der Waals surface area contributed by atoms with Gasteiger partial charge in [0, 0.05) is 30.6 Å². The Kier molecular flexibility index (Phi) is 6.45. The second kappa shape index (κ2) is 8.11. The number of anilines is 1. The molecule has 0 unspecified atom stereocenters. The Bertz CT molecular complexity index is 422. The van der Waals surface area contributed by atoms with Gasteiger partial charge in [-0.25, -0.2) is 4.98 Å². The van der Waals surface area contributed by atoms with Crippen LogP contribution in [0.2, 0.25) is 0 Å². The molecule has 0 spiro atoms. The van der Waals surface area contributed by atoms with Gasteiger partial charge in [0.1, 0.15) is 0 Å². The summed E-state index contributed by atoms with van der Waals surface area (Å²) in [5.74, 6) is 0. The number of hydrogen-bond acceptors (Lipinski definition) is 5. The van der Waals surface area contributed by atoms with Gasteiger partial charge in [0.2, 0.25) is 0 Å². The van der Waals surface area contributed by atoms with E-state index in [1.54, 1.807) is 0 Å². The van der Waals surface area contributed by atoms with Crippen molar-refractivity contribution in [1.29, 1.82) is 0 Å². The minimum Gasteiger partial charge on any atom is -0.348 e. The lowest BCUT2D eigenvalue weighted by atomic mass is 10.0. The molecule has 0 aliphatic carbocycles. The molecule has 4 nitrogen and oxygen atoms in total. The Labute approximate surface area is 133 Å². The van der Waals surface area contributed by atoms with Crippen LogP contribution in [0.15, 0.2) is 0 Å². The van der Waals surface area contributed by atoms with Gasteiger partial charge >= 0.3 is 0 Å². The molecule has 120 valence electrons. The Morgan fingerprint density at radius 3 is 2.57 bits per heavy atom. The average molecular weight is 311 g/mol. The van der Waals surface area contributed by atoms with Crippen LogP contribution < -0.4 is 10.2 Å². The summed E-state index contributed by atoms with van der Waals surface area (Å²) in [4.78, 5) is 11.2. The van der Waals surface area contributed by atoms with Gasteiger partial charge in [0.05, 0.1) is 5.69 Å². The number of nitrogens with zero attached hydrogens (tertiary/aromatic N) is 3. The minimum absolute atomic E-state index is 0.734. The molecule has 0 amide bonds. The van der Waals surface area contributed by atoms with Gasteiger partial charge in [-0.3, -0.25) is 0 Å². The van der Waals surface area contributed by atoms with Gasteiger partial charge < -0.3 is 15.1 Å². The van der Waals surface area contributed by atoms with Crippen molar-refractivity contribution in [3.63, 3.8) is 0 Å². The van der Waals surface area contributed by atoms with Crippen LogP contribution in [0, 0.1) is 0 Å². The summed E-state index contributed by atoms with van der Waals surface area (Å²) in [6, 6.07) is 0.734. The standard InChI is InChI=1S/C16H30N4S/c1-5-7-14-15(12-17-6-2)21-16(18-14)20-10-8-13(9-11-20)19(3)4/h13,17H,5-12H2,1-4H3. The monoisotopic (exact) mass is 310 g/mol. The second-order valence-corrected chi connectivity index (χ2v) is 7.14. The number of hydrogen-bond donors (Lipinski definition) is 1. The van der Waals surface area contributed by atoms with Crippen LogP contribution in [0.4, 0.5) is 5.13 Å². The molecule has 2 heterocycles. The number of aryl methyl sites for hydroxylation is 1. The zero-order chi connectivity index (χ0) is 15.2. The van der Waals surface area contributed by atoms with E-state index in [-0.39, 0.29) is 0 Å². The van der Waals surface area contributed by atoms with Gasteiger partial charge in [0.15, 0.2) is 5.13 Å². The number of thiazole rings is 1. The zero-order valence-electron chi connectivity index (χ0n) is 14.0. The molecule has 1 fully saturated rings. The Balaban J connectivity index is 2.02. The normalized spacial score (nSPS) is 16.9. The van der Waals surface area contributed by atoms with Crippen molar-refractivity contribution < 1.29 is 0 Å². The van der Waals surface area contributed by atoms with Crippen molar-refractivity contribution in [2.75, 3.05) is 38.6 Å². The molecule has 21 heavy (non-hydrogen) atoms. The van der Waals surface area contributed by atoms with Crippen molar-refractivity contribution in [2.45, 2.75) is 52.1 Å². The molecule has 5 heteroatoms. The van der Waals surface area contributed by atoms with Crippen molar-refractivity contribution in [2.24, 2.45) is 0 Å². The number of nitrogens with one attached hydrogen (secondary N) is 1. The quantitative estimate of drug-likeness (QED) is 0.839. The summed E-state index contributed by atoms with van der Waals surface area (Å²) in [5, 5.41) is 4.69. The third-order valence-electron chi connectivity index (χ3n) is 4.25. The zero-order valence-corrected chi connectivity index (χ0v) is 14.8. The van der Waals surface area contributed by atoms with Crippen LogP contribution in [-0.4, -0.2) is 49.7 Å². The first-order valence-electron chi connectivity index (χ1n) is 8.26. The molecule has 0 bridgehead atoms. The lowest BCUT2D eigenvalue weighted by Crippen LogP contribution is -2.41. The predicted molar refractivity (Wildman–Crippen MR) is 92.4 cm³/mol. The topological polar surface area (TPSA) is 31.4 Å². The van der Waals surface area contributed by atoms with E-state index in [4.69, 9.17) is 4.98 Å². The average Bonchev–Trinajstić information content (AvgIpc) is 2.88. The highest BCUT2D eigenvalue weighted by atomic mass is 32.1. The van der Waals surface area contributed by atoms with E-state index in [1.807, 2.05) is 11.3 Å². The maximum Gasteiger partial charge on any atom is 0.185 e. The smallest absolute Gasteiger partial charge is 0.185 e. The van der Waals surface area contributed by atoms with Crippen LogP contribution in [-0.2, 0) is 13.0 Å². The Morgan fingerprint density at radius 2 is 2.00 bits per heavy atom. The number of rotatable bonds is 7. The SMILES string of the molecule is CCCc1nc(N2CCC(N(C)C)CC2)sc1CNCC. The van der Waals surface area contributed by atoms with Crippen LogP contribution in [0.3, 0.4) is 0 Å². The number of aromatic nitrogens is 1. The first kappa shape index (κ1) is 16.7. The van der Waals surface area contributed by atoms with E-state index >= 15 is 0 Å². The summed E-state index contributed by atoms with van der Waals surface area (Å²) < 4.78 is 0. The second-order valence-electron chi connectivity index (χ2n) is 6.08. The lowest BCUT2D eigenvalue weighted by Gasteiger charge is -2.35. The van der Waals surface area contributed by atoms with E-state index in [9.17, 15) is 0 Å². The predicted octanol–water partition coefficient (Wildman–Crippen LogP) is 2.74. The van der Waals surface area contributed by atoms with Crippen LogP contribution in [0.5, 0.6) is 0 Å². The molecule has 1 N–H and O–H groups in total. The third kappa shape index (κ3) is 4.41. The molecule has 1 aromatic rings. The fourth-order valence-electron chi connectivity index (χ4n) is 2.89. The maximum atomic E-state index is 4.94. The lowest BCUT2D eigenvalue weighted by molar-refractivity contribution is 0.249. The molecular formula is C16H30N4S. The van der Waals surface area contributed by atoms with E-state index in [1.165, 1.54) is 35.0 Å². The first-order valence-corrected chi connectivity index (χ1v) is 9.08. The van der Waals surface area contributed by atoms with Crippen LogP contribution >= 0.6 is 11.3 Å². The van der Waals surface area contributed by atoms with Gasteiger partial charge in [0.25, 0.3) is 0 Å². The van der Waals surface area contributed by atoms with Crippen molar-refractivity contribution >= 4 is 16.5 Å². The molecule has 1 aliphatic heterocycles. The highest BCUT2D eigenvalue weighted by molar-refractivity contribution is 7.15. The highest BCUT2D eigenvalue weighted by Gasteiger charge is 2.23. The van der Waals surface area contributed by atoms with Gasteiger partial charge in [-0.2, -0.15) is 0 Å². The van der Waals surface area contributed by atoms with Crippen molar-refractivity contribution in [3.05, 3.63) is 10.6 Å². The first-order chi connectivity index (χ1) is 10.2. The Morgan fingerprint density at radius 1 is 1.29 bits per heavy atom. The fourth-order valence-corrected chi connectivity index (χ4v) is 4.01. The van der Waals surface area contributed by atoms with Crippen LogP contribution in [0.25, 0.3) is 0 Å². The van der Waals surface area contributed by atoms with Crippen LogP contribution in [0.1, 0.15) is 43.7 Å². The molecule has 1 aliphatic rings. The van der Waals surface area contributed by atoms with Gasteiger partial charge in [-0.15, -0.1) is 11.3 Å². The molecule has 0 saturated carbocycles. The molecule has 2 rings (SSSR count). The van der Waals surface area contributed by atoms with Gasteiger partial charge in [-0.1, -0.05) is 20.3 Å². The summed E-state index contributed by atoms with van der Waals surface area (Å²) in [6.07, 6.45) is 4.77. The Hall–Kier alpha value is -0.650. The number of piperidine rings is 1. The molecule has 0 atom stereocenters. The van der Waals surface area contributed by atoms with E-state index in [0.29, 0.717) is 0 Å². The maximum absolute atomic E-state index is 4.94. The summed E-state index contributed by atoms with van der Waals surface area (Å²) in [5.41, 5.74) is 1.31. The molecule has 0 radical (unpaired) electrons. The van der Waals surface area contributed by atoms with E-state index < -0.39 is 0 Å². The fraction of sp³-hybridized carbons (Fsp3) is 0.812. The van der Waals surface area contributed by atoms with E-state index in [0.717, 1.165) is 38.6 Å². The summed E-state index contributed by atoms with van der Waals surface area (Å²) in [6.45, 7) is 8.67. The van der Waals surface area contributed by atoms with E-state index in [2.05, 4.69) is 43.1 Å². The summed E-state index contributed by atoms with van der Waals surface area (Å²) >= 11 is 1.89. The molecular weight excluding hydrogens is 280 g/mol. The van der Waals surface area contributed by atoms with Crippen molar-refractivity contribution in [3.8, 4) is 0 Å². The summed E-state index contributed by atoms with van der Waals surface area (Å²) in [7, 11) is 4.38. The highest BCUT2D eigenvalue weighted by Crippen LogP contribution is 2.30. The third-order valence-corrected chi connectivity index (χ3v) is 5.41. The molecule has 1 saturated heterocycles. The largest absolute Gasteiger partial charge is 0.348 e. The van der Waals surface area contributed by atoms with Crippen molar-refractivity contribution in [1.82, 2.24) is 15.2 Å². The molecule has 1 aromatic heterocycles. The molecule has 0 aromatic carbocycles.